The van der Waals surface area contributed by atoms with Gasteiger partial charge in [0.1, 0.15) is 5.76 Å². The van der Waals surface area contributed by atoms with Crippen LogP contribution in [-0.4, -0.2) is 32.5 Å². The van der Waals surface area contributed by atoms with E-state index in [4.69, 9.17) is 4.42 Å². The maximum absolute atomic E-state index is 12.5. The van der Waals surface area contributed by atoms with E-state index < -0.39 is 0 Å². The van der Waals surface area contributed by atoms with Crippen molar-refractivity contribution in [2.75, 3.05) is 5.75 Å². The molecule has 0 bridgehead atoms. The molecule has 0 saturated heterocycles. The molecular weight excluding hydrogens is 408 g/mol. The molecule has 0 fully saturated rings. The predicted molar refractivity (Wildman–Crippen MR) is 125 cm³/mol. The Balaban J connectivity index is 1.67. The van der Waals surface area contributed by atoms with E-state index in [1.165, 1.54) is 18.2 Å². The van der Waals surface area contributed by atoms with Gasteiger partial charge < -0.3 is 9.73 Å². The smallest absolute Gasteiger partial charge is 0.230 e. The van der Waals surface area contributed by atoms with E-state index in [2.05, 4.69) is 53.0 Å². The minimum Gasteiger partial charge on any atom is -0.469 e. The first-order chi connectivity index (χ1) is 14.9. The lowest BCUT2D eigenvalue weighted by molar-refractivity contribution is -0.119. The number of benzene rings is 1. The summed E-state index contributed by atoms with van der Waals surface area (Å²) < 4.78 is 7.52. The Bertz CT molecular complexity index is 965. The van der Waals surface area contributed by atoms with Gasteiger partial charge in [0.25, 0.3) is 0 Å². The van der Waals surface area contributed by atoms with Gasteiger partial charge in [-0.1, -0.05) is 68.8 Å². The van der Waals surface area contributed by atoms with E-state index in [1.54, 1.807) is 6.26 Å². The molecule has 31 heavy (non-hydrogen) atoms. The number of rotatable bonds is 11. The largest absolute Gasteiger partial charge is 0.469 e. The van der Waals surface area contributed by atoms with Crippen molar-refractivity contribution in [1.82, 2.24) is 20.1 Å². The van der Waals surface area contributed by atoms with E-state index in [0.717, 1.165) is 40.7 Å². The molecule has 0 aliphatic heterocycles. The SMILES string of the molecule is Cc1occc1-c1nnc(SCC(=O)N[C@H](C)CCCC(C)C)n1Cc1ccccc1. The van der Waals surface area contributed by atoms with E-state index in [-0.39, 0.29) is 11.9 Å². The van der Waals surface area contributed by atoms with Crippen molar-refractivity contribution in [2.24, 2.45) is 5.92 Å². The van der Waals surface area contributed by atoms with Crippen molar-refractivity contribution in [3.63, 3.8) is 0 Å². The van der Waals surface area contributed by atoms with Crippen molar-refractivity contribution >= 4 is 17.7 Å². The van der Waals surface area contributed by atoms with Crippen molar-refractivity contribution < 1.29 is 9.21 Å². The van der Waals surface area contributed by atoms with Crippen LogP contribution >= 0.6 is 11.8 Å². The first kappa shape index (κ1) is 23.1. The van der Waals surface area contributed by atoms with Crippen LogP contribution in [0.5, 0.6) is 0 Å². The third-order valence-electron chi connectivity index (χ3n) is 5.16. The number of aromatic nitrogens is 3. The number of aryl methyl sites for hydroxylation is 1. The molecule has 1 amide bonds. The van der Waals surface area contributed by atoms with Crippen molar-refractivity contribution in [3.05, 3.63) is 54.0 Å². The number of nitrogens with one attached hydrogen (secondary N) is 1. The molecule has 0 radical (unpaired) electrons. The molecule has 0 aliphatic rings. The molecule has 0 unspecified atom stereocenters. The number of carbonyl (C=O) groups excluding carboxylic acids is 1. The molecule has 1 aromatic carbocycles. The van der Waals surface area contributed by atoms with Gasteiger partial charge in [-0.25, -0.2) is 0 Å². The highest BCUT2D eigenvalue weighted by atomic mass is 32.2. The van der Waals surface area contributed by atoms with Crippen LogP contribution in [-0.2, 0) is 11.3 Å². The average Bonchev–Trinajstić information content (AvgIpc) is 3.32. The third kappa shape index (κ3) is 6.72. The third-order valence-corrected chi connectivity index (χ3v) is 6.13. The van der Waals surface area contributed by atoms with Gasteiger partial charge in [0, 0.05) is 6.04 Å². The highest BCUT2D eigenvalue weighted by molar-refractivity contribution is 7.99. The van der Waals surface area contributed by atoms with E-state index in [9.17, 15) is 4.79 Å². The Hall–Kier alpha value is -2.54. The van der Waals surface area contributed by atoms with Gasteiger partial charge in [0.2, 0.25) is 5.91 Å². The Labute approximate surface area is 188 Å². The number of amides is 1. The van der Waals surface area contributed by atoms with E-state index in [1.807, 2.05) is 31.2 Å². The summed E-state index contributed by atoms with van der Waals surface area (Å²) in [5.41, 5.74) is 2.06. The van der Waals surface area contributed by atoms with Crippen LogP contribution in [0.25, 0.3) is 11.4 Å². The van der Waals surface area contributed by atoms with Gasteiger partial charge in [-0.3, -0.25) is 9.36 Å². The van der Waals surface area contributed by atoms with Gasteiger partial charge in [-0.15, -0.1) is 10.2 Å². The topological polar surface area (TPSA) is 72.9 Å². The lowest BCUT2D eigenvalue weighted by Gasteiger charge is -2.14. The summed E-state index contributed by atoms with van der Waals surface area (Å²) in [7, 11) is 0. The van der Waals surface area contributed by atoms with Gasteiger partial charge in [0.05, 0.1) is 24.1 Å². The number of hydrogen-bond donors (Lipinski definition) is 1. The van der Waals surface area contributed by atoms with Crippen LogP contribution in [0.15, 0.2) is 52.2 Å². The number of furan rings is 1. The van der Waals surface area contributed by atoms with Gasteiger partial charge >= 0.3 is 0 Å². The Morgan fingerprint density at radius 1 is 1.13 bits per heavy atom. The number of hydrogen-bond acceptors (Lipinski definition) is 5. The molecule has 1 atom stereocenters. The standard InChI is InChI=1S/C24H32N4O2S/c1-17(2)9-8-10-18(3)25-22(29)16-31-24-27-26-23(21-13-14-30-19(21)4)28(24)15-20-11-6-5-7-12-20/h5-7,11-14,17-18H,8-10,15-16H2,1-4H3,(H,25,29)/t18-/m1/s1. The van der Waals surface area contributed by atoms with Crippen molar-refractivity contribution in [2.45, 2.75) is 64.7 Å². The van der Waals surface area contributed by atoms with Crippen LogP contribution < -0.4 is 5.32 Å². The molecule has 3 aromatic rings. The molecule has 0 saturated carbocycles. The molecule has 3 rings (SSSR count). The maximum atomic E-state index is 12.5. The molecular formula is C24H32N4O2S. The second kappa shape index (κ2) is 11.2. The van der Waals surface area contributed by atoms with E-state index >= 15 is 0 Å². The van der Waals surface area contributed by atoms with E-state index in [0.29, 0.717) is 18.2 Å². The number of thioether (sulfide) groups is 1. The summed E-state index contributed by atoms with van der Waals surface area (Å²) in [5.74, 6) is 2.58. The molecule has 166 valence electrons. The Kier molecular flexibility index (Phi) is 8.35. The zero-order valence-corrected chi connectivity index (χ0v) is 19.6. The Morgan fingerprint density at radius 3 is 2.58 bits per heavy atom. The zero-order valence-electron chi connectivity index (χ0n) is 18.8. The van der Waals surface area contributed by atoms with Gasteiger partial charge in [-0.2, -0.15) is 0 Å². The minimum atomic E-state index is 0.0253. The van der Waals surface area contributed by atoms with Crippen LogP contribution in [0.4, 0.5) is 0 Å². The second-order valence-corrected chi connectivity index (χ2v) is 9.29. The first-order valence-corrected chi connectivity index (χ1v) is 11.9. The van der Waals surface area contributed by atoms with Crippen molar-refractivity contribution in [1.29, 1.82) is 0 Å². The molecule has 0 spiro atoms. The number of nitrogens with zero attached hydrogens (tertiary/aromatic N) is 3. The molecule has 7 heteroatoms. The second-order valence-electron chi connectivity index (χ2n) is 8.35. The molecule has 6 nitrogen and oxygen atoms in total. The summed E-state index contributed by atoms with van der Waals surface area (Å²) in [6, 6.07) is 12.3. The molecule has 0 aliphatic carbocycles. The van der Waals surface area contributed by atoms with Gasteiger partial charge in [-0.05, 0) is 37.8 Å². The van der Waals surface area contributed by atoms with Crippen LogP contribution in [0.1, 0.15) is 51.4 Å². The Morgan fingerprint density at radius 2 is 1.90 bits per heavy atom. The normalized spacial score (nSPS) is 12.3. The lowest BCUT2D eigenvalue weighted by Crippen LogP contribution is -2.33. The monoisotopic (exact) mass is 440 g/mol. The summed E-state index contributed by atoms with van der Waals surface area (Å²) >= 11 is 1.42. The predicted octanol–water partition coefficient (Wildman–Crippen LogP) is 5.32. The highest BCUT2D eigenvalue weighted by Gasteiger charge is 2.19. The summed E-state index contributed by atoms with van der Waals surface area (Å²) in [4.78, 5) is 12.5. The minimum absolute atomic E-state index is 0.0253. The maximum Gasteiger partial charge on any atom is 0.230 e. The zero-order chi connectivity index (χ0) is 22.2. The average molecular weight is 441 g/mol. The molecule has 1 N–H and O–H groups in total. The van der Waals surface area contributed by atoms with Crippen LogP contribution in [0.2, 0.25) is 0 Å². The highest BCUT2D eigenvalue weighted by Crippen LogP contribution is 2.28. The van der Waals surface area contributed by atoms with Crippen molar-refractivity contribution in [3.8, 4) is 11.4 Å². The quantitative estimate of drug-likeness (QED) is 0.409. The summed E-state index contributed by atoms with van der Waals surface area (Å²) in [6.45, 7) is 9.07. The summed E-state index contributed by atoms with van der Waals surface area (Å²) in [5, 5.41) is 12.6. The fourth-order valence-electron chi connectivity index (χ4n) is 3.47. The summed E-state index contributed by atoms with van der Waals surface area (Å²) in [6.07, 6.45) is 4.98. The van der Waals surface area contributed by atoms with Crippen LogP contribution in [0.3, 0.4) is 0 Å². The number of carbonyl (C=O) groups is 1. The van der Waals surface area contributed by atoms with Crippen LogP contribution in [0, 0.1) is 12.8 Å². The fraction of sp³-hybridized carbons (Fsp3) is 0.458. The lowest BCUT2D eigenvalue weighted by atomic mass is 10.0. The van der Waals surface area contributed by atoms with Gasteiger partial charge in [0.15, 0.2) is 11.0 Å². The molecule has 2 aromatic heterocycles. The fourth-order valence-corrected chi connectivity index (χ4v) is 4.22. The molecule has 2 heterocycles. The first-order valence-electron chi connectivity index (χ1n) is 10.9.